The van der Waals surface area contributed by atoms with Crippen LogP contribution in [0.25, 0.3) is 0 Å². The molecule has 1 amide bonds. The number of carbonyl (C=O) groups excluding carboxylic acids is 1. The van der Waals surface area contributed by atoms with Crippen molar-refractivity contribution in [2.24, 2.45) is 0 Å². The van der Waals surface area contributed by atoms with Gasteiger partial charge in [0.15, 0.2) is 0 Å². The molecular weight excluding hydrogens is 305 g/mol. The minimum absolute atomic E-state index is 0.0719. The molecule has 2 aliphatic rings. The Morgan fingerprint density at radius 3 is 2.62 bits per heavy atom. The van der Waals surface area contributed by atoms with E-state index in [1.807, 2.05) is 0 Å². The van der Waals surface area contributed by atoms with Gasteiger partial charge in [-0.05, 0) is 63.0 Å². The Balaban J connectivity index is 1.36. The molecule has 0 unspecified atom stereocenters. The molecule has 1 atom stereocenters. The summed E-state index contributed by atoms with van der Waals surface area (Å²) in [6.07, 6.45) is 5.74. The van der Waals surface area contributed by atoms with E-state index in [0.29, 0.717) is 19.0 Å². The quantitative estimate of drug-likeness (QED) is 0.868. The van der Waals surface area contributed by atoms with Crippen LogP contribution >= 0.6 is 0 Å². The van der Waals surface area contributed by atoms with E-state index in [1.54, 1.807) is 12.1 Å². The lowest BCUT2D eigenvalue weighted by atomic mass is 10.0. The van der Waals surface area contributed by atoms with E-state index >= 15 is 0 Å². The van der Waals surface area contributed by atoms with Crippen LogP contribution in [0, 0.1) is 5.82 Å². The van der Waals surface area contributed by atoms with E-state index in [0.717, 1.165) is 25.2 Å². The van der Waals surface area contributed by atoms with Crippen LogP contribution in [0.2, 0.25) is 0 Å². The Morgan fingerprint density at radius 2 is 1.88 bits per heavy atom. The number of carbonyl (C=O) groups is 1. The third-order valence-corrected chi connectivity index (χ3v) is 5.20. The highest BCUT2D eigenvalue weighted by molar-refractivity contribution is 5.76. The summed E-state index contributed by atoms with van der Waals surface area (Å²) in [7, 11) is 0. The number of benzene rings is 1. The third-order valence-electron chi connectivity index (χ3n) is 5.20. The molecule has 1 aromatic rings. The highest BCUT2D eigenvalue weighted by Gasteiger charge is 2.26. The zero-order valence-corrected chi connectivity index (χ0v) is 14.3. The lowest BCUT2D eigenvalue weighted by Crippen LogP contribution is -2.47. The lowest BCUT2D eigenvalue weighted by Gasteiger charge is -2.37. The third kappa shape index (κ3) is 5.02. The Hall–Kier alpha value is -1.46. The van der Waals surface area contributed by atoms with E-state index in [4.69, 9.17) is 0 Å². The van der Waals surface area contributed by atoms with Crippen molar-refractivity contribution >= 4 is 5.91 Å². The molecule has 2 heterocycles. The van der Waals surface area contributed by atoms with Gasteiger partial charge in [-0.25, -0.2) is 4.39 Å². The van der Waals surface area contributed by atoms with Crippen molar-refractivity contribution < 1.29 is 9.18 Å². The van der Waals surface area contributed by atoms with Gasteiger partial charge < -0.3 is 10.2 Å². The Labute approximate surface area is 144 Å². The molecule has 132 valence electrons. The largest absolute Gasteiger partial charge is 0.352 e. The van der Waals surface area contributed by atoms with Gasteiger partial charge >= 0.3 is 0 Å². The zero-order chi connectivity index (χ0) is 16.8. The Morgan fingerprint density at radius 1 is 1.12 bits per heavy atom. The first-order chi connectivity index (χ1) is 11.7. The topological polar surface area (TPSA) is 35.6 Å². The number of likely N-dealkylation sites (tertiary alicyclic amines) is 2. The fourth-order valence-electron chi connectivity index (χ4n) is 3.79. The summed E-state index contributed by atoms with van der Waals surface area (Å²) in [5.74, 6) is -0.176. The molecular formula is C19H28FN3O. The number of hydrogen-bond acceptors (Lipinski definition) is 3. The van der Waals surface area contributed by atoms with E-state index < -0.39 is 0 Å². The molecule has 24 heavy (non-hydrogen) atoms. The van der Waals surface area contributed by atoms with E-state index in [2.05, 4.69) is 15.1 Å². The van der Waals surface area contributed by atoms with Gasteiger partial charge in [0.25, 0.3) is 0 Å². The number of hydrogen-bond donors (Lipinski definition) is 1. The summed E-state index contributed by atoms with van der Waals surface area (Å²) in [6.45, 7) is 6.00. The van der Waals surface area contributed by atoms with Crippen molar-refractivity contribution in [2.75, 3.05) is 32.7 Å². The molecule has 0 radical (unpaired) electrons. The maximum Gasteiger partial charge on any atom is 0.221 e. The SMILES string of the molecule is O=C(CCN1CCC[C@@H](N2CCCC2)C1)NCc1ccc(F)cc1. The summed E-state index contributed by atoms with van der Waals surface area (Å²) in [6, 6.07) is 6.95. The average Bonchev–Trinajstić information content (AvgIpc) is 3.14. The van der Waals surface area contributed by atoms with Gasteiger partial charge in [-0.2, -0.15) is 0 Å². The summed E-state index contributed by atoms with van der Waals surface area (Å²) in [5.41, 5.74) is 0.928. The summed E-state index contributed by atoms with van der Waals surface area (Å²) < 4.78 is 12.9. The van der Waals surface area contributed by atoms with Crippen LogP contribution in [0.1, 0.15) is 37.7 Å². The fourth-order valence-corrected chi connectivity index (χ4v) is 3.79. The van der Waals surface area contributed by atoms with Crippen molar-refractivity contribution in [3.63, 3.8) is 0 Å². The lowest BCUT2D eigenvalue weighted by molar-refractivity contribution is -0.121. The highest BCUT2D eigenvalue weighted by Crippen LogP contribution is 2.20. The highest BCUT2D eigenvalue weighted by atomic mass is 19.1. The molecule has 0 bridgehead atoms. The molecule has 4 nitrogen and oxygen atoms in total. The van der Waals surface area contributed by atoms with Crippen LogP contribution in [0.5, 0.6) is 0 Å². The smallest absolute Gasteiger partial charge is 0.221 e. The molecule has 1 aromatic carbocycles. The minimum atomic E-state index is -0.247. The number of rotatable bonds is 6. The van der Waals surface area contributed by atoms with Crippen LogP contribution < -0.4 is 5.32 Å². The molecule has 2 aliphatic heterocycles. The van der Waals surface area contributed by atoms with Crippen LogP contribution in [-0.2, 0) is 11.3 Å². The number of nitrogens with zero attached hydrogens (tertiary/aromatic N) is 2. The van der Waals surface area contributed by atoms with E-state index in [1.165, 1.54) is 50.9 Å². The first-order valence-corrected chi connectivity index (χ1v) is 9.18. The molecule has 0 saturated carbocycles. The molecule has 0 aromatic heterocycles. The normalized spacial score (nSPS) is 22.6. The maximum atomic E-state index is 12.9. The first-order valence-electron chi connectivity index (χ1n) is 9.18. The van der Waals surface area contributed by atoms with Gasteiger partial charge in [-0.3, -0.25) is 9.69 Å². The van der Waals surface area contributed by atoms with Crippen LogP contribution in [0.3, 0.4) is 0 Å². The predicted octanol–water partition coefficient (Wildman–Crippen LogP) is 2.39. The van der Waals surface area contributed by atoms with E-state index in [9.17, 15) is 9.18 Å². The van der Waals surface area contributed by atoms with Gasteiger partial charge in [-0.1, -0.05) is 12.1 Å². The second-order valence-electron chi connectivity index (χ2n) is 6.99. The van der Waals surface area contributed by atoms with Crippen molar-refractivity contribution in [3.8, 4) is 0 Å². The number of amides is 1. The Bertz CT molecular complexity index is 528. The fraction of sp³-hybridized carbons (Fsp3) is 0.632. The molecule has 2 saturated heterocycles. The van der Waals surface area contributed by atoms with Gasteiger partial charge in [0.1, 0.15) is 5.82 Å². The van der Waals surface area contributed by atoms with Crippen molar-refractivity contribution in [3.05, 3.63) is 35.6 Å². The zero-order valence-electron chi connectivity index (χ0n) is 14.3. The van der Waals surface area contributed by atoms with Gasteiger partial charge in [0.05, 0.1) is 0 Å². The summed E-state index contributed by atoms with van der Waals surface area (Å²) in [4.78, 5) is 17.1. The van der Waals surface area contributed by atoms with Crippen LogP contribution in [0.4, 0.5) is 4.39 Å². The predicted molar refractivity (Wildman–Crippen MR) is 93.1 cm³/mol. The van der Waals surface area contributed by atoms with Gasteiger partial charge in [-0.15, -0.1) is 0 Å². The summed E-state index contributed by atoms with van der Waals surface area (Å²) >= 11 is 0. The average molecular weight is 333 g/mol. The maximum absolute atomic E-state index is 12.9. The summed E-state index contributed by atoms with van der Waals surface area (Å²) in [5, 5.41) is 2.93. The Kier molecular flexibility index (Phi) is 6.21. The monoisotopic (exact) mass is 333 g/mol. The number of piperidine rings is 1. The van der Waals surface area contributed by atoms with Gasteiger partial charge in [0.2, 0.25) is 5.91 Å². The second kappa shape index (κ2) is 8.58. The van der Waals surface area contributed by atoms with Crippen molar-refractivity contribution in [1.82, 2.24) is 15.1 Å². The minimum Gasteiger partial charge on any atom is -0.352 e. The van der Waals surface area contributed by atoms with Gasteiger partial charge in [0, 0.05) is 32.1 Å². The molecule has 3 rings (SSSR count). The molecule has 1 N–H and O–H groups in total. The standard InChI is InChI=1S/C19H28FN3O/c20-17-7-5-16(6-8-17)14-21-19(24)9-13-22-10-3-4-18(15-22)23-11-1-2-12-23/h5-8,18H,1-4,9-15H2,(H,21,24)/t18-/m1/s1. The number of halogens is 1. The molecule has 0 aliphatic carbocycles. The molecule has 2 fully saturated rings. The van der Waals surface area contributed by atoms with Crippen LogP contribution in [-0.4, -0.2) is 54.5 Å². The number of nitrogens with one attached hydrogen (secondary N) is 1. The second-order valence-corrected chi connectivity index (χ2v) is 6.99. The van der Waals surface area contributed by atoms with Crippen molar-refractivity contribution in [2.45, 2.75) is 44.7 Å². The first kappa shape index (κ1) is 17.4. The van der Waals surface area contributed by atoms with Crippen LogP contribution in [0.15, 0.2) is 24.3 Å². The molecule has 0 spiro atoms. The van der Waals surface area contributed by atoms with Crippen molar-refractivity contribution in [1.29, 1.82) is 0 Å². The molecule has 5 heteroatoms. The van der Waals surface area contributed by atoms with E-state index in [-0.39, 0.29) is 11.7 Å².